The standard InChI is InChI=1S/C17H15NO2.K/c1-2-18-15-6-4-3-5-13(15)14-11-12(7-9-16(14)18)8-10-17(19)20;/h3-11H,2H2,1H3,(H,19,20);/q;+1/p-1/b10-8+;. The molecule has 0 spiro atoms. The number of para-hydroxylation sites is 1. The molecule has 2 aromatic carbocycles. The van der Waals surface area contributed by atoms with Crippen molar-refractivity contribution in [2.24, 2.45) is 0 Å². The van der Waals surface area contributed by atoms with E-state index in [0.717, 1.165) is 23.6 Å². The molecule has 0 aliphatic heterocycles. The van der Waals surface area contributed by atoms with Crippen molar-refractivity contribution < 1.29 is 61.3 Å². The van der Waals surface area contributed by atoms with Crippen molar-refractivity contribution in [2.75, 3.05) is 0 Å². The number of benzene rings is 2. The van der Waals surface area contributed by atoms with Crippen LogP contribution in [0.2, 0.25) is 0 Å². The molecule has 21 heavy (non-hydrogen) atoms. The Morgan fingerprint density at radius 2 is 1.86 bits per heavy atom. The molecule has 0 amide bonds. The summed E-state index contributed by atoms with van der Waals surface area (Å²) < 4.78 is 2.26. The molecule has 0 N–H and O–H groups in total. The number of carboxylic acids is 1. The molecule has 3 nitrogen and oxygen atoms in total. The molecule has 3 aromatic rings. The summed E-state index contributed by atoms with van der Waals surface area (Å²) in [6.45, 7) is 3.02. The van der Waals surface area contributed by atoms with E-state index in [9.17, 15) is 9.90 Å². The number of hydrogen-bond donors (Lipinski definition) is 0. The average molecular weight is 303 g/mol. The zero-order valence-corrected chi connectivity index (χ0v) is 15.3. The summed E-state index contributed by atoms with van der Waals surface area (Å²) in [5.74, 6) is -1.18. The van der Waals surface area contributed by atoms with Gasteiger partial charge < -0.3 is 14.5 Å². The maximum absolute atomic E-state index is 10.5. The smallest absolute Gasteiger partial charge is 0.545 e. The van der Waals surface area contributed by atoms with Gasteiger partial charge in [-0.2, -0.15) is 0 Å². The topological polar surface area (TPSA) is 45.1 Å². The van der Waals surface area contributed by atoms with E-state index in [1.165, 1.54) is 16.4 Å². The molecule has 0 saturated carbocycles. The molecule has 0 aliphatic rings. The Hall–Kier alpha value is -0.914. The minimum absolute atomic E-state index is 0. The number of carbonyl (C=O) groups excluding carboxylic acids is 1. The van der Waals surface area contributed by atoms with Crippen molar-refractivity contribution in [1.82, 2.24) is 4.57 Å². The fraction of sp³-hybridized carbons (Fsp3) is 0.118. The monoisotopic (exact) mass is 303 g/mol. The summed E-state index contributed by atoms with van der Waals surface area (Å²) in [4.78, 5) is 10.5. The Balaban J connectivity index is 0.00000161. The van der Waals surface area contributed by atoms with Crippen molar-refractivity contribution in [3.05, 3.63) is 54.1 Å². The van der Waals surface area contributed by atoms with Crippen LogP contribution >= 0.6 is 0 Å². The van der Waals surface area contributed by atoms with Crippen LogP contribution in [0.3, 0.4) is 0 Å². The van der Waals surface area contributed by atoms with Gasteiger partial charge in [-0.25, -0.2) is 0 Å². The summed E-state index contributed by atoms with van der Waals surface area (Å²) in [7, 11) is 0. The van der Waals surface area contributed by atoms with Gasteiger partial charge in [-0.05, 0) is 36.8 Å². The number of aliphatic carboxylic acids is 1. The molecular weight excluding hydrogens is 289 g/mol. The minimum atomic E-state index is -1.18. The van der Waals surface area contributed by atoms with Crippen LogP contribution in [0.25, 0.3) is 27.9 Å². The number of carbonyl (C=O) groups is 1. The van der Waals surface area contributed by atoms with Crippen LogP contribution in [-0.4, -0.2) is 10.5 Å². The maximum atomic E-state index is 10.5. The van der Waals surface area contributed by atoms with E-state index in [-0.39, 0.29) is 51.4 Å². The summed E-state index contributed by atoms with van der Waals surface area (Å²) in [5, 5.41) is 12.8. The Morgan fingerprint density at radius 3 is 2.57 bits per heavy atom. The zero-order valence-electron chi connectivity index (χ0n) is 12.2. The number of hydrogen-bond acceptors (Lipinski definition) is 2. The van der Waals surface area contributed by atoms with E-state index in [1.54, 1.807) is 6.08 Å². The molecule has 0 bridgehead atoms. The second-order valence-corrected chi connectivity index (χ2v) is 4.69. The van der Waals surface area contributed by atoms with E-state index in [4.69, 9.17) is 0 Å². The van der Waals surface area contributed by atoms with Gasteiger partial charge in [0.25, 0.3) is 0 Å². The van der Waals surface area contributed by atoms with E-state index < -0.39 is 5.97 Å². The molecule has 1 aromatic heterocycles. The second kappa shape index (κ2) is 6.90. The first kappa shape index (κ1) is 16.5. The fourth-order valence-electron chi connectivity index (χ4n) is 2.68. The Kier molecular flexibility index (Phi) is 5.41. The number of fused-ring (bicyclic) bond motifs is 3. The summed E-state index contributed by atoms with van der Waals surface area (Å²) in [5.41, 5.74) is 3.23. The number of aryl methyl sites for hydroxylation is 1. The summed E-state index contributed by atoms with van der Waals surface area (Å²) >= 11 is 0. The van der Waals surface area contributed by atoms with Crippen LogP contribution in [0.15, 0.2) is 48.5 Å². The van der Waals surface area contributed by atoms with Crippen LogP contribution in [0.5, 0.6) is 0 Å². The van der Waals surface area contributed by atoms with Gasteiger partial charge in [0.05, 0.1) is 5.97 Å². The van der Waals surface area contributed by atoms with Gasteiger partial charge in [-0.1, -0.05) is 30.3 Å². The van der Waals surface area contributed by atoms with Gasteiger partial charge in [0.2, 0.25) is 0 Å². The van der Waals surface area contributed by atoms with Gasteiger partial charge in [0, 0.05) is 28.4 Å². The van der Waals surface area contributed by atoms with Gasteiger partial charge >= 0.3 is 51.4 Å². The number of rotatable bonds is 3. The molecule has 0 fully saturated rings. The minimum Gasteiger partial charge on any atom is -0.545 e. The van der Waals surface area contributed by atoms with Crippen LogP contribution in [0.4, 0.5) is 0 Å². The van der Waals surface area contributed by atoms with Gasteiger partial charge in [0.15, 0.2) is 0 Å². The molecular formula is C17H14KNO2. The van der Waals surface area contributed by atoms with Crippen molar-refractivity contribution >= 4 is 33.9 Å². The largest absolute Gasteiger partial charge is 1.00 e. The Bertz CT molecular complexity index is 833. The molecule has 0 radical (unpaired) electrons. The Morgan fingerprint density at radius 1 is 1.14 bits per heavy atom. The van der Waals surface area contributed by atoms with Crippen molar-refractivity contribution in [3.8, 4) is 0 Å². The first-order chi connectivity index (χ1) is 9.70. The van der Waals surface area contributed by atoms with E-state index >= 15 is 0 Å². The fourth-order valence-corrected chi connectivity index (χ4v) is 2.68. The van der Waals surface area contributed by atoms with E-state index in [1.807, 2.05) is 30.3 Å². The Labute approximate surface area is 165 Å². The first-order valence-electron chi connectivity index (χ1n) is 6.60. The van der Waals surface area contributed by atoms with Gasteiger partial charge in [-0.15, -0.1) is 0 Å². The molecule has 0 saturated heterocycles. The molecule has 4 heteroatoms. The third-order valence-electron chi connectivity index (χ3n) is 3.52. The predicted octanol–water partition coefficient (Wildman–Crippen LogP) is -0.419. The third kappa shape index (κ3) is 3.15. The summed E-state index contributed by atoms with van der Waals surface area (Å²) in [6.07, 6.45) is 2.62. The third-order valence-corrected chi connectivity index (χ3v) is 3.52. The molecule has 3 rings (SSSR count). The SMILES string of the molecule is CCn1c2ccccc2c2cc(/C=C/C(=O)[O-])ccc21.[K+]. The van der Waals surface area contributed by atoms with E-state index in [2.05, 4.69) is 23.6 Å². The number of carboxylic acid groups (broad SMARTS) is 1. The van der Waals surface area contributed by atoms with Crippen molar-refractivity contribution in [1.29, 1.82) is 0 Å². The normalized spacial score (nSPS) is 11.1. The van der Waals surface area contributed by atoms with Crippen LogP contribution in [0, 0.1) is 0 Å². The quantitative estimate of drug-likeness (QED) is 0.487. The van der Waals surface area contributed by atoms with Crippen LogP contribution in [-0.2, 0) is 11.3 Å². The maximum Gasteiger partial charge on any atom is 1.00 e. The zero-order chi connectivity index (χ0) is 14.1. The van der Waals surface area contributed by atoms with E-state index in [0.29, 0.717) is 0 Å². The van der Waals surface area contributed by atoms with Crippen molar-refractivity contribution in [2.45, 2.75) is 13.5 Å². The van der Waals surface area contributed by atoms with Crippen LogP contribution in [0.1, 0.15) is 12.5 Å². The summed E-state index contributed by atoms with van der Waals surface area (Å²) in [6, 6.07) is 14.2. The molecule has 0 aliphatic carbocycles. The molecule has 100 valence electrons. The van der Waals surface area contributed by atoms with Crippen molar-refractivity contribution in [3.63, 3.8) is 0 Å². The predicted molar refractivity (Wildman–Crippen MR) is 79.2 cm³/mol. The molecule has 0 atom stereocenters. The van der Waals surface area contributed by atoms with Gasteiger partial charge in [-0.3, -0.25) is 0 Å². The molecule has 0 unspecified atom stereocenters. The first-order valence-corrected chi connectivity index (χ1v) is 6.60. The number of nitrogens with zero attached hydrogens (tertiary/aromatic N) is 1. The number of aromatic nitrogens is 1. The molecule has 1 heterocycles. The van der Waals surface area contributed by atoms with Gasteiger partial charge in [0.1, 0.15) is 0 Å². The average Bonchev–Trinajstić information content (AvgIpc) is 2.78. The van der Waals surface area contributed by atoms with Crippen LogP contribution < -0.4 is 56.5 Å². The second-order valence-electron chi connectivity index (χ2n) is 4.69.